The number of nitrogens with one attached hydrogen (secondary N) is 2. The van der Waals surface area contributed by atoms with Crippen molar-refractivity contribution in [2.45, 2.75) is 19.8 Å². The Morgan fingerprint density at radius 2 is 1.92 bits per heavy atom. The molecule has 0 saturated carbocycles. The van der Waals surface area contributed by atoms with Crippen LogP contribution in [0, 0.1) is 6.92 Å². The van der Waals surface area contributed by atoms with E-state index in [2.05, 4.69) is 20.6 Å². The number of rotatable bonds is 5. The van der Waals surface area contributed by atoms with E-state index >= 15 is 0 Å². The van der Waals surface area contributed by atoms with Gasteiger partial charge in [0.05, 0.1) is 5.69 Å². The molecule has 6 nitrogen and oxygen atoms in total. The lowest BCUT2D eigenvalue weighted by Gasteiger charge is -2.15. The highest BCUT2D eigenvalue weighted by molar-refractivity contribution is 5.93. The number of carbonyl (C=O) groups is 1. The van der Waals surface area contributed by atoms with Gasteiger partial charge in [-0.05, 0) is 38.4 Å². The number of benzene rings is 1. The van der Waals surface area contributed by atoms with Gasteiger partial charge in [0.2, 0.25) is 0 Å². The Morgan fingerprint density at radius 1 is 1.21 bits per heavy atom. The van der Waals surface area contributed by atoms with E-state index in [1.165, 1.54) is 12.8 Å². The number of amides is 2. The van der Waals surface area contributed by atoms with Gasteiger partial charge in [0.1, 0.15) is 5.82 Å². The maximum Gasteiger partial charge on any atom is 0.320 e. The highest BCUT2D eigenvalue weighted by atomic mass is 16.2. The normalized spacial score (nSPS) is 14.8. The van der Waals surface area contributed by atoms with Crippen molar-refractivity contribution in [3.8, 4) is 11.1 Å². The Kier molecular flexibility index (Phi) is 5.15. The molecular weight excluding hydrogens is 302 g/mol. The van der Waals surface area contributed by atoms with E-state index in [9.17, 15) is 4.79 Å². The number of nitrogens with zero attached hydrogens (tertiary/aromatic N) is 3. The van der Waals surface area contributed by atoms with Crippen molar-refractivity contribution >= 4 is 11.8 Å². The van der Waals surface area contributed by atoms with Gasteiger partial charge >= 0.3 is 6.03 Å². The molecule has 2 amide bonds. The number of hydrogen-bond acceptors (Lipinski definition) is 3. The molecule has 0 unspecified atom stereocenters. The fourth-order valence-electron chi connectivity index (χ4n) is 3.24. The lowest BCUT2D eigenvalue weighted by Crippen LogP contribution is -2.36. The average Bonchev–Trinajstić information content (AvgIpc) is 3.17. The van der Waals surface area contributed by atoms with Gasteiger partial charge in [-0.1, -0.05) is 30.3 Å². The maximum atomic E-state index is 12.2. The predicted octanol–water partition coefficient (Wildman–Crippen LogP) is 2.61. The Hall–Kier alpha value is -2.34. The van der Waals surface area contributed by atoms with Crippen LogP contribution in [0.2, 0.25) is 0 Å². The van der Waals surface area contributed by atoms with E-state index in [4.69, 9.17) is 0 Å². The van der Waals surface area contributed by atoms with Crippen LogP contribution in [0.3, 0.4) is 0 Å². The van der Waals surface area contributed by atoms with Crippen molar-refractivity contribution < 1.29 is 4.79 Å². The molecule has 1 aromatic carbocycles. The zero-order valence-electron chi connectivity index (χ0n) is 14.4. The summed E-state index contributed by atoms with van der Waals surface area (Å²) in [4.78, 5) is 14.6. The van der Waals surface area contributed by atoms with Crippen molar-refractivity contribution in [3.05, 3.63) is 36.0 Å². The SMILES string of the molecule is Cc1nn(C)c(NC(=O)NCCN2CCCC2)c1-c1ccccc1. The van der Waals surface area contributed by atoms with Crippen molar-refractivity contribution in [3.63, 3.8) is 0 Å². The number of hydrogen-bond donors (Lipinski definition) is 2. The van der Waals surface area contributed by atoms with Gasteiger partial charge < -0.3 is 10.2 Å². The van der Waals surface area contributed by atoms with Gasteiger partial charge in [0.15, 0.2) is 0 Å². The van der Waals surface area contributed by atoms with Crippen molar-refractivity contribution in [1.82, 2.24) is 20.0 Å². The van der Waals surface area contributed by atoms with E-state index in [0.717, 1.165) is 42.3 Å². The third-order valence-corrected chi connectivity index (χ3v) is 4.43. The maximum absolute atomic E-state index is 12.2. The monoisotopic (exact) mass is 327 g/mol. The summed E-state index contributed by atoms with van der Waals surface area (Å²) in [5.41, 5.74) is 2.92. The first-order valence-corrected chi connectivity index (χ1v) is 8.51. The molecule has 6 heteroatoms. The van der Waals surface area contributed by atoms with Crippen LogP contribution in [-0.2, 0) is 7.05 Å². The first-order chi connectivity index (χ1) is 11.6. The van der Waals surface area contributed by atoms with Gasteiger partial charge in [-0.15, -0.1) is 0 Å². The highest BCUT2D eigenvalue weighted by Gasteiger charge is 2.17. The molecule has 0 radical (unpaired) electrons. The third kappa shape index (κ3) is 3.76. The standard InChI is InChI=1S/C18H25N5O/c1-14-16(15-8-4-3-5-9-15)17(22(2)21-14)20-18(24)19-10-13-23-11-6-7-12-23/h3-5,8-9H,6-7,10-13H2,1-2H3,(H2,19,20,24). The van der Waals surface area contributed by atoms with E-state index in [1.54, 1.807) is 4.68 Å². The van der Waals surface area contributed by atoms with Crippen LogP contribution in [-0.4, -0.2) is 46.9 Å². The predicted molar refractivity (Wildman–Crippen MR) is 96.1 cm³/mol. The van der Waals surface area contributed by atoms with Gasteiger partial charge in [0, 0.05) is 25.7 Å². The Balaban J connectivity index is 1.65. The Morgan fingerprint density at radius 3 is 2.62 bits per heavy atom. The van der Waals surface area contributed by atoms with Crippen LogP contribution in [0.1, 0.15) is 18.5 Å². The van der Waals surface area contributed by atoms with Crippen molar-refractivity contribution in [2.75, 3.05) is 31.5 Å². The summed E-state index contributed by atoms with van der Waals surface area (Å²) in [7, 11) is 1.85. The van der Waals surface area contributed by atoms with Crippen molar-refractivity contribution in [1.29, 1.82) is 0 Å². The quantitative estimate of drug-likeness (QED) is 0.887. The average molecular weight is 327 g/mol. The minimum atomic E-state index is -0.186. The smallest absolute Gasteiger partial charge is 0.320 e. The van der Waals surface area contributed by atoms with Gasteiger partial charge in [0.25, 0.3) is 0 Å². The van der Waals surface area contributed by atoms with E-state index in [1.807, 2.05) is 44.3 Å². The third-order valence-electron chi connectivity index (χ3n) is 4.43. The van der Waals surface area contributed by atoms with Crippen LogP contribution in [0.4, 0.5) is 10.6 Å². The molecular formula is C18H25N5O. The van der Waals surface area contributed by atoms with Gasteiger partial charge in [-0.25, -0.2) is 4.79 Å². The molecule has 0 atom stereocenters. The molecule has 1 fully saturated rings. The summed E-state index contributed by atoms with van der Waals surface area (Å²) in [6.45, 7) is 5.80. The summed E-state index contributed by atoms with van der Waals surface area (Å²) in [5, 5.41) is 10.3. The Labute approximate surface area is 142 Å². The first kappa shape index (κ1) is 16.5. The zero-order valence-corrected chi connectivity index (χ0v) is 14.4. The summed E-state index contributed by atoms with van der Waals surface area (Å²) in [5.74, 6) is 0.720. The van der Waals surface area contributed by atoms with Crippen LogP contribution in [0.5, 0.6) is 0 Å². The van der Waals surface area contributed by atoms with Crippen molar-refractivity contribution in [2.24, 2.45) is 7.05 Å². The van der Waals surface area contributed by atoms with Crippen LogP contribution in [0.25, 0.3) is 11.1 Å². The minimum absolute atomic E-state index is 0.186. The Bertz CT molecular complexity index is 689. The summed E-state index contributed by atoms with van der Waals surface area (Å²) >= 11 is 0. The molecule has 3 rings (SSSR count). The number of carbonyl (C=O) groups excluding carboxylic acids is 1. The fraction of sp³-hybridized carbons (Fsp3) is 0.444. The molecule has 0 bridgehead atoms. The molecule has 1 aromatic heterocycles. The van der Waals surface area contributed by atoms with Crippen LogP contribution < -0.4 is 10.6 Å². The largest absolute Gasteiger partial charge is 0.337 e. The summed E-state index contributed by atoms with van der Waals surface area (Å²) in [6.07, 6.45) is 2.53. The van der Waals surface area contributed by atoms with Gasteiger partial charge in [-0.3, -0.25) is 10.00 Å². The molecule has 0 spiro atoms. The minimum Gasteiger partial charge on any atom is -0.337 e. The topological polar surface area (TPSA) is 62.2 Å². The van der Waals surface area contributed by atoms with E-state index in [0.29, 0.717) is 6.54 Å². The second-order valence-corrected chi connectivity index (χ2v) is 6.23. The molecule has 2 aromatic rings. The summed E-state index contributed by atoms with van der Waals surface area (Å²) < 4.78 is 1.72. The molecule has 1 aliphatic heterocycles. The molecule has 2 heterocycles. The first-order valence-electron chi connectivity index (χ1n) is 8.51. The molecule has 1 saturated heterocycles. The van der Waals surface area contributed by atoms with Crippen LogP contribution in [0.15, 0.2) is 30.3 Å². The van der Waals surface area contributed by atoms with E-state index < -0.39 is 0 Å². The summed E-state index contributed by atoms with van der Waals surface area (Å²) in [6, 6.07) is 9.83. The van der Waals surface area contributed by atoms with Crippen LogP contribution >= 0.6 is 0 Å². The second kappa shape index (κ2) is 7.49. The number of aryl methyl sites for hydroxylation is 2. The van der Waals surface area contributed by atoms with E-state index in [-0.39, 0.29) is 6.03 Å². The fourth-order valence-corrected chi connectivity index (χ4v) is 3.24. The number of aromatic nitrogens is 2. The van der Waals surface area contributed by atoms with Gasteiger partial charge in [-0.2, -0.15) is 5.10 Å². The lowest BCUT2D eigenvalue weighted by atomic mass is 10.1. The molecule has 24 heavy (non-hydrogen) atoms. The molecule has 1 aliphatic rings. The second-order valence-electron chi connectivity index (χ2n) is 6.23. The highest BCUT2D eigenvalue weighted by Crippen LogP contribution is 2.30. The molecule has 2 N–H and O–H groups in total. The zero-order chi connectivity index (χ0) is 16.9. The number of likely N-dealkylation sites (tertiary alicyclic amines) is 1. The number of anilines is 1. The lowest BCUT2D eigenvalue weighted by molar-refractivity contribution is 0.249. The molecule has 128 valence electrons. The number of urea groups is 1. The molecule has 0 aliphatic carbocycles.